The molecule has 0 aliphatic carbocycles. The highest BCUT2D eigenvalue weighted by atomic mass is 127. The first-order valence-corrected chi connectivity index (χ1v) is 11.0. The second-order valence-electron chi connectivity index (χ2n) is 8.13. The van der Waals surface area contributed by atoms with Gasteiger partial charge in [0.25, 0.3) is 5.91 Å². The van der Waals surface area contributed by atoms with E-state index < -0.39 is 0 Å². The summed E-state index contributed by atoms with van der Waals surface area (Å²) >= 11 is 0. The fraction of sp³-hybridized carbons (Fsp3) is 0.440. The summed E-state index contributed by atoms with van der Waals surface area (Å²) in [5, 5.41) is 6.85. The van der Waals surface area contributed by atoms with Gasteiger partial charge in [0, 0.05) is 52.3 Å². The zero-order valence-corrected chi connectivity index (χ0v) is 21.5. The van der Waals surface area contributed by atoms with Crippen LogP contribution in [0.25, 0.3) is 0 Å². The third-order valence-corrected chi connectivity index (χ3v) is 5.61. The molecule has 7 heteroatoms. The molecule has 1 amide bonds. The van der Waals surface area contributed by atoms with Gasteiger partial charge in [-0.25, -0.2) is 0 Å². The number of hydrogen-bond donors (Lipinski definition) is 2. The van der Waals surface area contributed by atoms with Gasteiger partial charge in [-0.1, -0.05) is 42.5 Å². The highest BCUT2D eigenvalue weighted by molar-refractivity contribution is 14.0. The maximum absolute atomic E-state index is 12.2. The van der Waals surface area contributed by atoms with Gasteiger partial charge in [0.2, 0.25) is 0 Å². The smallest absolute Gasteiger partial charge is 0.253 e. The number of halogens is 1. The Hall–Kier alpha value is -2.13. The lowest BCUT2D eigenvalue weighted by Gasteiger charge is -2.32. The number of carbonyl (C=O) groups excluding carboxylic acids is 1. The molecule has 0 radical (unpaired) electrons. The van der Waals surface area contributed by atoms with Gasteiger partial charge in [-0.15, -0.1) is 24.0 Å². The first-order valence-electron chi connectivity index (χ1n) is 11.0. The number of aliphatic imine (C=N–C) groups is 1. The van der Waals surface area contributed by atoms with Crippen LogP contribution < -0.4 is 10.6 Å². The summed E-state index contributed by atoms with van der Waals surface area (Å²) in [7, 11) is 5.33. The number of benzene rings is 2. The Balaban J connectivity index is 0.00000363. The van der Waals surface area contributed by atoms with Gasteiger partial charge in [-0.3, -0.25) is 9.79 Å². The number of carbonyl (C=O) groups is 1. The van der Waals surface area contributed by atoms with E-state index in [1.54, 1.807) is 26.0 Å². The monoisotopic (exact) mass is 550 g/mol. The number of nitrogens with one attached hydrogen (secondary N) is 2. The first-order chi connectivity index (χ1) is 15.1. The quantitative estimate of drug-likeness (QED) is 0.312. The fourth-order valence-corrected chi connectivity index (χ4v) is 3.96. The molecular weight excluding hydrogens is 515 g/mol. The molecule has 0 spiro atoms. The molecule has 2 unspecified atom stereocenters. The Morgan fingerprint density at radius 1 is 1.12 bits per heavy atom. The fourth-order valence-electron chi connectivity index (χ4n) is 3.96. The second kappa shape index (κ2) is 13.4. The summed E-state index contributed by atoms with van der Waals surface area (Å²) in [5.74, 6) is 1.22. The average molecular weight is 550 g/mol. The van der Waals surface area contributed by atoms with Crippen LogP contribution in [0.2, 0.25) is 0 Å². The van der Waals surface area contributed by atoms with E-state index in [1.807, 2.05) is 30.3 Å². The van der Waals surface area contributed by atoms with Crippen molar-refractivity contribution < 1.29 is 9.53 Å². The predicted molar refractivity (Wildman–Crippen MR) is 141 cm³/mol. The molecule has 2 aromatic carbocycles. The molecule has 2 atom stereocenters. The molecule has 6 nitrogen and oxygen atoms in total. The van der Waals surface area contributed by atoms with E-state index >= 15 is 0 Å². The van der Waals surface area contributed by atoms with Gasteiger partial charge in [0.05, 0.1) is 6.10 Å². The molecule has 1 aliphatic rings. The molecule has 2 N–H and O–H groups in total. The van der Waals surface area contributed by atoms with Crippen molar-refractivity contribution in [3.63, 3.8) is 0 Å². The summed E-state index contributed by atoms with van der Waals surface area (Å²) in [4.78, 5) is 18.1. The van der Waals surface area contributed by atoms with Crippen LogP contribution in [-0.4, -0.2) is 57.6 Å². The van der Waals surface area contributed by atoms with Crippen LogP contribution in [-0.2, 0) is 11.2 Å². The molecule has 174 valence electrons. The number of hydrogen-bond acceptors (Lipinski definition) is 3. The SMILES string of the molecule is CN=C(NCCc1cccc(C(=O)N(C)C)c1)NCC1CCCOC1c1ccccc1.I. The molecule has 1 fully saturated rings. The molecular formula is C25H35IN4O2. The lowest BCUT2D eigenvalue weighted by Crippen LogP contribution is -2.42. The lowest BCUT2D eigenvalue weighted by atomic mass is 9.89. The zero-order chi connectivity index (χ0) is 22.1. The van der Waals surface area contributed by atoms with Crippen LogP contribution in [0, 0.1) is 5.92 Å². The molecule has 0 bridgehead atoms. The number of amides is 1. The van der Waals surface area contributed by atoms with E-state index in [4.69, 9.17) is 4.74 Å². The van der Waals surface area contributed by atoms with Crippen molar-refractivity contribution in [1.29, 1.82) is 0 Å². The molecule has 0 saturated carbocycles. The number of nitrogens with zero attached hydrogens (tertiary/aromatic N) is 2. The maximum Gasteiger partial charge on any atom is 0.253 e. The van der Waals surface area contributed by atoms with Crippen molar-refractivity contribution >= 4 is 35.8 Å². The number of guanidine groups is 1. The largest absolute Gasteiger partial charge is 0.373 e. The second-order valence-corrected chi connectivity index (χ2v) is 8.13. The average Bonchev–Trinajstić information content (AvgIpc) is 2.81. The summed E-state index contributed by atoms with van der Waals surface area (Å²) in [6.45, 7) is 2.37. The molecule has 1 saturated heterocycles. The Morgan fingerprint density at radius 3 is 2.62 bits per heavy atom. The van der Waals surface area contributed by atoms with Crippen molar-refractivity contribution in [1.82, 2.24) is 15.5 Å². The summed E-state index contributed by atoms with van der Waals surface area (Å²) in [6, 6.07) is 18.3. The number of ether oxygens (including phenoxy) is 1. The molecule has 0 aromatic heterocycles. The Kier molecular flexibility index (Phi) is 11.0. The molecule has 1 heterocycles. The number of rotatable bonds is 7. The Bertz CT molecular complexity index is 873. The van der Waals surface area contributed by atoms with Gasteiger partial charge >= 0.3 is 0 Å². The van der Waals surface area contributed by atoms with Gasteiger partial charge < -0.3 is 20.3 Å². The van der Waals surface area contributed by atoms with E-state index in [0.29, 0.717) is 11.5 Å². The van der Waals surface area contributed by atoms with Crippen LogP contribution in [0.4, 0.5) is 0 Å². The summed E-state index contributed by atoms with van der Waals surface area (Å²) in [5.41, 5.74) is 3.08. The zero-order valence-electron chi connectivity index (χ0n) is 19.2. The van der Waals surface area contributed by atoms with Crippen LogP contribution in [0.1, 0.15) is 40.4 Å². The molecule has 3 rings (SSSR count). The normalized spacial score (nSPS) is 18.4. The van der Waals surface area contributed by atoms with Crippen LogP contribution in [0.5, 0.6) is 0 Å². The van der Waals surface area contributed by atoms with E-state index in [2.05, 4.69) is 39.9 Å². The van der Waals surface area contributed by atoms with Gasteiger partial charge in [0.15, 0.2) is 5.96 Å². The Morgan fingerprint density at radius 2 is 1.91 bits per heavy atom. The van der Waals surface area contributed by atoms with E-state index in [-0.39, 0.29) is 36.0 Å². The van der Waals surface area contributed by atoms with E-state index in [1.165, 1.54) is 5.56 Å². The summed E-state index contributed by atoms with van der Waals surface area (Å²) < 4.78 is 6.10. The van der Waals surface area contributed by atoms with Crippen LogP contribution in [0.15, 0.2) is 59.6 Å². The van der Waals surface area contributed by atoms with E-state index in [9.17, 15) is 4.79 Å². The Labute approximate surface area is 208 Å². The van der Waals surface area contributed by atoms with Crippen molar-refractivity contribution in [2.45, 2.75) is 25.4 Å². The van der Waals surface area contributed by atoms with Gasteiger partial charge in [-0.2, -0.15) is 0 Å². The minimum Gasteiger partial charge on any atom is -0.373 e. The van der Waals surface area contributed by atoms with Crippen molar-refractivity contribution in [2.24, 2.45) is 10.9 Å². The molecule has 1 aliphatic heterocycles. The highest BCUT2D eigenvalue weighted by Gasteiger charge is 2.27. The van der Waals surface area contributed by atoms with Gasteiger partial charge in [-0.05, 0) is 42.5 Å². The van der Waals surface area contributed by atoms with Crippen molar-refractivity contribution in [3.8, 4) is 0 Å². The highest BCUT2D eigenvalue weighted by Crippen LogP contribution is 2.33. The van der Waals surface area contributed by atoms with Gasteiger partial charge in [0.1, 0.15) is 0 Å². The van der Waals surface area contributed by atoms with Crippen molar-refractivity contribution in [2.75, 3.05) is 40.8 Å². The third-order valence-electron chi connectivity index (χ3n) is 5.61. The molecule has 32 heavy (non-hydrogen) atoms. The summed E-state index contributed by atoms with van der Waals surface area (Å²) in [6.07, 6.45) is 3.16. The topological polar surface area (TPSA) is 66.0 Å². The van der Waals surface area contributed by atoms with Crippen molar-refractivity contribution in [3.05, 3.63) is 71.3 Å². The third kappa shape index (κ3) is 7.48. The molecule has 2 aromatic rings. The van der Waals surface area contributed by atoms with Crippen LogP contribution in [0.3, 0.4) is 0 Å². The lowest BCUT2D eigenvalue weighted by molar-refractivity contribution is -0.0265. The predicted octanol–water partition coefficient (Wildman–Crippen LogP) is 3.88. The minimum absolute atomic E-state index is 0. The minimum atomic E-state index is 0. The van der Waals surface area contributed by atoms with E-state index in [0.717, 1.165) is 50.5 Å². The maximum atomic E-state index is 12.2. The standard InChI is InChI=1S/C25H34N4O2.HI/c1-26-25(27-15-14-19-9-7-12-21(17-19)24(30)29(2)3)28-18-22-13-8-16-31-23(22)20-10-5-4-6-11-20;/h4-7,9-12,17,22-23H,8,13-16,18H2,1-3H3,(H2,26,27,28);1H. The van der Waals surface area contributed by atoms with Crippen LogP contribution >= 0.6 is 24.0 Å². The first kappa shape index (κ1) is 26.1.